The van der Waals surface area contributed by atoms with Crippen molar-refractivity contribution < 1.29 is 14.3 Å². The summed E-state index contributed by atoms with van der Waals surface area (Å²) >= 11 is 0. The fraction of sp³-hybridized carbons (Fsp3) is 0.462. The molecule has 1 aliphatic rings. The second-order valence-electron chi connectivity index (χ2n) is 4.23. The number of ether oxygens (including phenoxy) is 2. The molecule has 1 aromatic rings. The van der Waals surface area contributed by atoms with E-state index in [1.807, 2.05) is 31.2 Å². The third-order valence-corrected chi connectivity index (χ3v) is 2.96. The lowest BCUT2D eigenvalue weighted by Crippen LogP contribution is -2.53. The smallest absolute Gasteiger partial charge is 0.244 e. The Morgan fingerprint density at radius 1 is 1.42 bits per heavy atom. The standard InChI is InChI=1S/C13H18N2O3.ClH/c1-9-12(14-7-8-18-9)13(16)15-10-3-5-11(17-2)6-4-10;/h3-6,9,12,14H,7-8H2,1-2H3,(H,15,16);1H/t9-,12+;/m1./s1. The first kappa shape index (κ1) is 15.8. The number of benzene rings is 1. The Bertz CT molecular complexity index is 411. The van der Waals surface area contributed by atoms with Gasteiger partial charge >= 0.3 is 0 Å². The van der Waals surface area contributed by atoms with E-state index in [1.165, 1.54) is 0 Å². The predicted molar refractivity (Wildman–Crippen MR) is 76.1 cm³/mol. The van der Waals surface area contributed by atoms with Crippen LogP contribution in [0.4, 0.5) is 5.69 Å². The van der Waals surface area contributed by atoms with Crippen LogP contribution in [0.5, 0.6) is 5.75 Å². The Balaban J connectivity index is 0.00000180. The van der Waals surface area contributed by atoms with E-state index in [4.69, 9.17) is 9.47 Å². The van der Waals surface area contributed by atoms with E-state index in [2.05, 4.69) is 10.6 Å². The van der Waals surface area contributed by atoms with Gasteiger partial charge in [0, 0.05) is 12.2 Å². The topological polar surface area (TPSA) is 59.6 Å². The molecule has 2 N–H and O–H groups in total. The number of hydrogen-bond donors (Lipinski definition) is 2. The summed E-state index contributed by atoms with van der Waals surface area (Å²) in [5.41, 5.74) is 0.750. The van der Waals surface area contributed by atoms with Crippen LogP contribution < -0.4 is 15.4 Å². The van der Waals surface area contributed by atoms with Gasteiger partial charge in [0.25, 0.3) is 0 Å². The summed E-state index contributed by atoms with van der Waals surface area (Å²) in [4.78, 5) is 12.0. The van der Waals surface area contributed by atoms with Gasteiger partial charge in [0.2, 0.25) is 5.91 Å². The van der Waals surface area contributed by atoms with Gasteiger partial charge in [0.1, 0.15) is 11.8 Å². The summed E-state index contributed by atoms with van der Waals surface area (Å²) in [6.45, 7) is 3.24. The zero-order valence-corrected chi connectivity index (χ0v) is 11.8. The summed E-state index contributed by atoms with van der Waals surface area (Å²) in [5.74, 6) is 0.688. The van der Waals surface area contributed by atoms with Gasteiger partial charge in [-0.1, -0.05) is 0 Å². The zero-order valence-electron chi connectivity index (χ0n) is 11.0. The molecule has 0 unspecified atom stereocenters. The molecular weight excluding hydrogens is 268 g/mol. The first-order chi connectivity index (χ1) is 8.70. The van der Waals surface area contributed by atoms with Crippen molar-refractivity contribution in [1.29, 1.82) is 0 Å². The molecule has 0 aromatic heterocycles. The van der Waals surface area contributed by atoms with Crippen LogP contribution in [-0.2, 0) is 9.53 Å². The highest BCUT2D eigenvalue weighted by Gasteiger charge is 2.28. The van der Waals surface area contributed by atoms with E-state index in [0.717, 1.165) is 11.4 Å². The van der Waals surface area contributed by atoms with Crippen molar-refractivity contribution in [2.45, 2.75) is 19.1 Å². The van der Waals surface area contributed by atoms with Gasteiger partial charge in [-0.2, -0.15) is 0 Å². The second-order valence-corrected chi connectivity index (χ2v) is 4.23. The zero-order chi connectivity index (χ0) is 13.0. The Hall–Kier alpha value is -1.30. The lowest BCUT2D eigenvalue weighted by molar-refractivity contribution is -0.123. The van der Waals surface area contributed by atoms with Crippen LogP contribution in [0.3, 0.4) is 0 Å². The summed E-state index contributed by atoms with van der Waals surface area (Å²) in [6.07, 6.45) is -0.114. The van der Waals surface area contributed by atoms with Gasteiger partial charge in [-0.05, 0) is 31.2 Å². The Labute approximate surface area is 119 Å². The third-order valence-electron chi connectivity index (χ3n) is 2.96. The van der Waals surface area contributed by atoms with Crippen molar-refractivity contribution in [2.24, 2.45) is 0 Å². The molecule has 1 aromatic carbocycles. The van der Waals surface area contributed by atoms with Crippen LogP contribution in [0.2, 0.25) is 0 Å². The number of nitrogens with one attached hydrogen (secondary N) is 2. The van der Waals surface area contributed by atoms with E-state index >= 15 is 0 Å². The second kappa shape index (κ2) is 7.33. The van der Waals surface area contributed by atoms with Crippen molar-refractivity contribution in [3.8, 4) is 5.75 Å². The molecule has 1 amide bonds. The molecule has 19 heavy (non-hydrogen) atoms. The SMILES string of the molecule is COc1ccc(NC(=O)[C@H]2NCCO[C@@H]2C)cc1.Cl. The van der Waals surface area contributed by atoms with Crippen LogP contribution in [-0.4, -0.2) is 38.3 Å². The van der Waals surface area contributed by atoms with E-state index in [9.17, 15) is 4.79 Å². The highest BCUT2D eigenvalue weighted by atomic mass is 35.5. The molecule has 1 heterocycles. The summed E-state index contributed by atoms with van der Waals surface area (Å²) in [6, 6.07) is 6.94. The normalized spacial score (nSPS) is 22.2. The molecule has 0 bridgehead atoms. The predicted octanol–water partition coefficient (Wildman–Crippen LogP) is 1.43. The third kappa shape index (κ3) is 4.09. The maximum absolute atomic E-state index is 12.0. The van der Waals surface area contributed by atoms with Gasteiger partial charge in [-0.3, -0.25) is 4.79 Å². The average Bonchev–Trinajstić information content (AvgIpc) is 2.40. The highest BCUT2D eigenvalue weighted by Crippen LogP contribution is 2.16. The number of amides is 1. The van der Waals surface area contributed by atoms with E-state index < -0.39 is 0 Å². The first-order valence-electron chi connectivity index (χ1n) is 6.00. The lowest BCUT2D eigenvalue weighted by Gasteiger charge is -2.29. The number of hydrogen-bond acceptors (Lipinski definition) is 4. The van der Waals surface area contributed by atoms with Crippen LogP contribution >= 0.6 is 12.4 Å². The molecular formula is C13H19ClN2O3. The van der Waals surface area contributed by atoms with E-state index in [1.54, 1.807) is 7.11 Å². The molecule has 5 nitrogen and oxygen atoms in total. The molecule has 2 rings (SSSR count). The van der Waals surface area contributed by atoms with Crippen molar-refractivity contribution in [1.82, 2.24) is 5.32 Å². The highest BCUT2D eigenvalue weighted by molar-refractivity contribution is 5.95. The number of carbonyl (C=O) groups is 1. The Kier molecular flexibility index (Phi) is 6.08. The maximum Gasteiger partial charge on any atom is 0.244 e. The van der Waals surface area contributed by atoms with Crippen molar-refractivity contribution in [2.75, 3.05) is 25.6 Å². The molecule has 0 aliphatic carbocycles. The van der Waals surface area contributed by atoms with Crippen LogP contribution in [0.15, 0.2) is 24.3 Å². The first-order valence-corrected chi connectivity index (χ1v) is 6.00. The van der Waals surface area contributed by atoms with E-state index in [-0.39, 0.29) is 30.5 Å². The van der Waals surface area contributed by atoms with Gasteiger partial charge < -0.3 is 20.1 Å². The summed E-state index contributed by atoms with van der Waals surface area (Å²) < 4.78 is 10.5. The van der Waals surface area contributed by atoms with Crippen LogP contribution in [0, 0.1) is 0 Å². The van der Waals surface area contributed by atoms with Crippen LogP contribution in [0.1, 0.15) is 6.92 Å². The monoisotopic (exact) mass is 286 g/mol. The number of carbonyl (C=O) groups excluding carboxylic acids is 1. The van der Waals surface area contributed by atoms with E-state index in [0.29, 0.717) is 13.2 Å². The molecule has 0 saturated carbocycles. The minimum absolute atomic E-state index is 0. The minimum Gasteiger partial charge on any atom is -0.497 e. The number of rotatable bonds is 3. The fourth-order valence-corrected chi connectivity index (χ4v) is 1.92. The van der Waals surface area contributed by atoms with Crippen LogP contribution in [0.25, 0.3) is 0 Å². The van der Waals surface area contributed by atoms with Gasteiger partial charge in [-0.15, -0.1) is 12.4 Å². The molecule has 1 saturated heterocycles. The quantitative estimate of drug-likeness (QED) is 0.883. The Morgan fingerprint density at radius 2 is 2.11 bits per heavy atom. The molecule has 0 spiro atoms. The molecule has 1 fully saturated rings. The van der Waals surface area contributed by atoms with Crippen molar-refractivity contribution in [3.05, 3.63) is 24.3 Å². The van der Waals surface area contributed by atoms with Crippen molar-refractivity contribution >= 4 is 24.0 Å². The molecule has 1 aliphatic heterocycles. The largest absolute Gasteiger partial charge is 0.497 e. The lowest BCUT2D eigenvalue weighted by atomic mass is 10.1. The molecule has 2 atom stereocenters. The molecule has 6 heteroatoms. The maximum atomic E-state index is 12.0. The summed E-state index contributed by atoms with van der Waals surface area (Å²) in [5, 5.41) is 6.01. The molecule has 0 radical (unpaired) electrons. The number of methoxy groups -OCH3 is 1. The molecule has 106 valence electrons. The number of anilines is 1. The number of halogens is 1. The fourth-order valence-electron chi connectivity index (χ4n) is 1.92. The van der Waals surface area contributed by atoms with Gasteiger partial charge in [0.05, 0.1) is 19.8 Å². The van der Waals surface area contributed by atoms with Gasteiger partial charge in [-0.25, -0.2) is 0 Å². The average molecular weight is 287 g/mol. The van der Waals surface area contributed by atoms with Gasteiger partial charge in [0.15, 0.2) is 0 Å². The minimum atomic E-state index is -0.305. The van der Waals surface area contributed by atoms with Crippen molar-refractivity contribution in [3.63, 3.8) is 0 Å². The summed E-state index contributed by atoms with van der Waals surface area (Å²) in [7, 11) is 1.61. The number of morpholine rings is 1. The Morgan fingerprint density at radius 3 is 2.68 bits per heavy atom.